The molecule has 21 heavy (non-hydrogen) atoms. The van der Waals surface area contributed by atoms with Crippen molar-refractivity contribution in [2.24, 2.45) is 5.73 Å². The van der Waals surface area contributed by atoms with E-state index < -0.39 is 6.04 Å². The van der Waals surface area contributed by atoms with E-state index in [0.717, 1.165) is 15.6 Å². The van der Waals surface area contributed by atoms with Crippen molar-refractivity contribution in [2.75, 3.05) is 7.05 Å². The van der Waals surface area contributed by atoms with Crippen LogP contribution in [0, 0.1) is 0 Å². The topological polar surface area (TPSA) is 46.3 Å². The summed E-state index contributed by atoms with van der Waals surface area (Å²) in [6, 6.07) is 13.4. The van der Waals surface area contributed by atoms with Gasteiger partial charge in [0.25, 0.3) is 0 Å². The Morgan fingerprint density at radius 2 is 2.00 bits per heavy atom. The van der Waals surface area contributed by atoms with E-state index in [-0.39, 0.29) is 5.91 Å². The zero-order chi connectivity index (χ0) is 15.2. The average molecular weight is 323 g/mol. The summed E-state index contributed by atoms with van der Waals surface area (Å²) in [5.41, 5.74) is 7.21. The summed E-state index contributed by atoms with van der Waals surface area (Å²) in [5.74, 6) is -0.0320. The highest BCUT2D eigenvalue weighted by atomic mass is 35.5. The van der Waals surface area contributed by atoms with E-state index in [0.29, 0.717) is 13.0 Å². The van der Waals surface area contributed by atoms with E-state index in [1.165, 1.54) is 16.9 Å². The number of amides is 1. The molecule has 2 N–H and O–H groups in total. The van der Waals surface area contributed by atoms with Crippen molar-refractivity contribution < 1.29 is 4.79 Å². The maximum absolute atomic E-state index is 12.2. The van der Waals surface area contributed by atoms with Gasteiger partial charge < -0.3 is 10.6 Å². The van der Waals surface area contributed by atoms with Crippen LogP contribution in [0.2, 0.25) is 4.34 Å². The Balaban J connectivity index is 1.83. The number of carbonyl (C=O) groups is 1. The Labute approximate surface area is 134 Å². The van der Waals surface area contributed by atoms with Crippen LogP contribution in [0.25, 0.3) is 0 Å². The smallest absolute Gasteiger partial charge is 0.239 e. The number of nitrogens with two attached hydrogens (primary N) is 1. The van der Waals surface area contributed by atoms with Crippen molar-refractivity contribution in [3.8, 4) is 0 Å². The molecule has 2 aromatic rings. The van der Waals surface area contributed by atoms with Gasteiger partial charge in [-0.05, 0) is 30.5 Å². The summed E-state index contributed by atoms with van der Waals surface area (Å²) < 4.78 is 0.735. The third-order valence-electron chi connectivity index (χ3n) is 3.30. The maximum atomic E-state index is 12.2. The normalized spacial score (nSPS) is 12.1. The molecule has 0 bridgehead atoms. The van der Waals surface area contributed by atoms with Crippen LogP contribution < -0.4 is 5.73 Å². The molecule has 1 heterocycles. The lowest BCUT2D eigenvalue weighted by Gasteiger charge is -2.20. The average Bonchev–Trinajstić information content (AvgIpc) is 2.90. The van der Waals surface area contributed by atoms with Gasteiger partial charge in [-0.2, -0.15) is 0 Å². The van der Waals surface area contributed by atoms with Crippen LogP contribution in [0.5, 0.6) is 0 Å². The van der Waals surface area contributed by atoms with E-state index in [1.807, 2.05) is 30.3 Å². The van der Waals surface area contributed by atoms with Gasteiger partial charge in [0.05, 0.1) is 16.9 Å². The number of nitrogens with zero attached hydrogens (tertiary/aromatic N) is 1. The lowest BCUT2D eigenvalue weighted by molar-refractivity contribution is -0.131. The number of carbonyl (C=O) groups excluding carboxylic acids is 1. The molecule has 0 spiro atoms. The summed E-state index contributed by atoms with van der Waals surface area (Å²) in [4.78, 5) is 15.0. The number of hydrogen-bond acceptors (Lipinski definition) is 3. The molecule has 3 nitrogen and oxygen atoms in total. The Morgan fingerprint density at radius 3 is 2.62 bits per heavy atom. The van der Waals surface area contributed by atoms with Crippen molar-refractivity contribution >= 4 is 28.8 Å². The van der Waals surface area contributed by atoms with Gasteiger partial charge in [-0.3, -0.25) is 4.79 Å². The fourth-order valence-electron chi connectivity index (χ4n) is 2.12. The Hall–Kier alpha value is -1.36. The van der Waals surface area contributed by atoms with Gasteiger partial charge in [0.15, 0.2) is 0 Å². The molecule has 0 saturated heterocycles. The third-order valence-corrected chi connectivity index (χ3v) is 4.52. The fourth-order valence-corrected chi connectivity index (χ4v) is 3.26. The molecule has 112 valence electrons. The molecule has 0 aliphatic rings. The maximum Gasteiger partial charge on any atom is 0.239 e. The van der Waals surface area contributed by atoms with Crippen molar-refractivity contribution in [1.29, 1.82) is 0 Å². The molecule has 1 aromatic carbocycles. The molecule has 1 amide bonds. The first-order valence-corrected chi connectivity index (χ1v) is 8.04. The van der Waals surface area contributed by atoms with E-state index >= 15 is 0 Å². The molecule has 0 unspecified atom stereocenters. The Kier molecular flexibility index (Phi) is 5.79. The highest BCUT2D eigenvalue weighted by Gasteiger charge is 2.18. The minimum atomic E-state index is -0.467. The minimum Gasteiger partial charge on any atom is -0.339 e. The van der Waals surface area contributed by atoms with Crippen molar-refractivity contribution in [2.45, 2.75) is 25.4 Å². The first-order valence-electron chi connectivity index (χ1n) is 6.85. The van der Waals surface area contributed by atoms with Crippen LogP contribution in [-0.2, 0) is 17.8 Å². The summed E-state index contributed by atoms with van der Waals surface area (Å²) >= 11 is 7.38. The standard InChI is InChI=1S/C16H19ClN2OS/c1-19(11-13-8-10-15(17)21-13)16(20)14(18)9-7-12-5-3-2-4-6-12/h2-6,8,10,14H,7,9,11,18H2,1H3/t14-/m0/s1. The quantitative estimate of drug-likeness (QED) is 0.886. The molecular weight excluding hydrogens is 304 g/mol. The first-order chi connectivity index (χ1) is 10.1. The highest BCUT2D eigenvalue weighted by Crippen LogP contribution is 2.22. The number of likely N-dealkylation sites (N-methyl/N-ethyl adjacent to an activating group) is 1. The van der Waals surface area contributed by atoms with Crippen molar-refractivity contribution in [3.63, 3.8) is 0 Å². The van der Waals surface area contributed by atoms with Crippen LogP contribution in [-0.4, -0.2) is 23.9 Å². The zero-order valence-corrected chi connectivity index (χ0v) is 13.5. The van der Waals surface area contributed by atoms with Gasteiger partial charge >= 0.3 is 0 Å². The van der Waals surface area contributed by atoms with Gasteiger partial charge in [-0.1, -0.05) is 41.9 Å². The van der Waals surface area contributed by atoms with Gasteiger partial charge in [0.2, 0.25) is 5.91 Å². The van der Waals surface area contributed by atoms with Crippen LogP contribution in [0.3, 0.4) is 0 Å². The van der Waals surface area contributed by atoms with Gasteiger partial charge in [0, 0.05) is 11.9 Å². The van der Waals surface area contributed by atoms with Crippen LogP contribution in [0.4, 0.5) is 0 Å². The molecule has 2 rings (SSSR count). The van der Waals surface area contributed by atoms with Crippen molar-refractivity contribution in [1.82, 2.24) is 4.90 Å². The second kappa shape index (κ2) is 7.59. The second-order valence-electron chi connectivity index (χ2n) is 5.03. The summed E-state index contributed by atoms with van der Waals surface area (Å²) in [7, 11) is 1.78. The third kappa shape index (κ3) is 4.84. The predicted octanol–water partition coefficient (Wildman–Crippen LogP) is 3.32. The molecule has 5 heteroatoms. The number of thiophene rings is 1. The minimum absolute atomic E-state index is 0.0320. The number of benzene rings is 1. The lowest BCUT2D eigenvalue weighted by atomic mass is 10.1. The first kappa shape index (κ1) is 16.0. The molecule has 0 fully saturated rings. The molecule has 0 radical (unpaired) electrons. The van der Waals surface area contributed by atoms with Crippen LogP contribution >= 0.6 is 22.9 Å². The predicted molar refractivity (Wildman–Crippen MR) is 88.5 cm³/mol. The van der Waals surface area contributed by atoms with Crippen LogP contribution in [0.15, 0.2) is 42.5 Å². The van der Waals surface area contributed by atoms with Gasteiger partial charge in [0.1, 0.15) is 0 Å². The molecule has 0 aliphatic heterocycles. The molecule has 1 atom stereocenters. The zero-order valence-electron chi connectivity index (χ0n) is 12.0. The van der Waals surface area contributed by atoms with Gasteiger partial charge in [-0.25, -0.2) is 0 Å². The second-order valence-corrected chi connectivity index (χ2v) is 6.83. The number of hydrogen-bond donors (Lipinski definition) is 1. The summed E-state index contributed by atoms with van der Waals surface area (Å²) in [6.45, 7) is 0.551. The Morgan fingerprint density at radius 1 is 1.29 bits per heavy atom. The van der Waals surface area contributed by atoms with Crippen LogP contribution in [0.1, 0.15) is 16.9 Å². The number of aryl methyl sites for hydroxylation is 1. The Bertz CT molecular complexity index is 585. The number of rotatable bonds is 6. The SMILES string of the molecule is CN(Cc1ccc(Cl)s1)C(=O)[C@@H](N)CCc1ccccc1. The van der Waals surface area contributed by atoms with E-state index in [9.17, 15) is 4.79 Å². The molecule has 0 aliphatic carbocycles. The lowest BCUT2D eigenvalue weighted by Crippen LogP contribution is -2.41. The monoisotopic (exact) mass is 322 g/mol. The highest BCUT2D eigenvalue weighted by molar-refractivity contribution is 7.16. The fraction of sp³-hybridized carbons (Fsp3) is 0.312. The largest absolute Gasteiger partial charge is 0.339 e. The summed E-state index contributed by atoms with van der Waals surface area (Å²) in [6.07, 6.45) is 1.46. The van der Waals surface area contributed by atoms with E-state index in [4.69, 9.17) is 17.3 Å². The molecule has 1 aromatic heterocycles. The van der Waals surface area contributed by atoms with Gasteiger partial charge in [-0.15, -0.1) is 11.3 Å². The molecular formula is C16H19ClN2OS. The number of halogens is 1. The van der Waals surface area contributed by atoms with Crippen molar-refractivity contribution in [3.05, 3.63) is 57.2 Å². The van der Waals surface area contributed by atoms with E-state index in [1.54, 1.807) is 11.9 Å². The summed E-state index contributed by atoms with van der Waals surface area (Å²) in [5, 5.41) is 0. The molecule has 0 saturated carbocycles. The van der Waals surface area contributed by atoms with E-state index in [2.05, 4.69) is 12.1 Å².